The standard InChI is InChI=1S/C33H36N2O7/c1-39-31-18-26-27(19-32(31)40-2)29-17-25(16-24-5-3-4-14-34(24)29)42-33(36)13-9-21-8-12-30(28(26)15-21)41-20-22-6-10-23(11-7-22)35(37)38/h6-8,10-12,15,18-19,24-25,29H,3-5,9,13-14,16-17,20H2,1-2H3/t24-,25-,29-/m0/s1. The molecule has 4 bridgehead atoms. The minimum Gasteiger partial charge on any atom is -0.493 e. The molecule has 0 aliphatic carbocycles. The molecule has 2 fully saturated rings. The lowest BCUT2D eigenvalue weighted by Crippen LogP contribution is -2.49. The second kappa shape index (κ2) is 12.0. The normalized spacial score (nSPS) is 22.0. The van der Waals surface area contributed by atoms with Crippen molar-refractivity contribution < 1.29 is 28.7 Å². The van der Waals surface area contributed by atoms with E-state index in [-0.39, 0.29) is 30.4 Å². The number of nitro benzene ring substituents is 1. The van der Waals surface area contributed by atoms with Crippen LogP contribution in [0.1, 0.15) is 61.3 Å². The first-order chi connectivity index (χ1) is 20.4. The monoisotopic (exact) mass is 572 g/mol. The number of nitrogens with zero attached hydrogens (tertiary/aromatic N) is 2. The number of nitro groups is 1. The predicted molar refractivity (Wildman–Crippen MR) is 157 cm³/mol. The Kier molecular flexibility index (Phi) is 8.02. The van der Waals surface area contributed by atoms with E-state index in [0.717, 1.165) is 53.6 Å². The number of carbonyl (C=O) groups excluding carboxylic acids is 1. The van der Waals surface area contributed by atoms with Crippen LogP contribution < -0.4 is 14.2 Å². The maximum Gasteiger partial charge on any atom is 0.306 e. The summed E-state index contributed by atoms with van der Waals surface area (Å²) in [5.41, 5.74) is 4.88. The number of hydrogen-bond donors (Lipinski definition) is 0. The molecule has 3 aromatic rings. The largest absolute Gasteiger partial charge is 0.493 e. The van der Waals surface area contributed by atoms with Crippen LogP contribution >= 0.6 is 0 Å². The topological polar surface area (TPSA) is 100 Å². The molecule has 2 saturated heterocycles. The smallest absolute Gasteiger partial charge is 0.306 e. The lowest BCUT2D eigenvalue weighted by Gasteiger charge is -2.48. The Balaban J connectivity index is 1.47. The van der Waals surface area contributed by atoms with Crippen molar-refractivity contribution in [1.29, 1.82) is 0 Å². The van der Waals surface area contributed by atoms with Crippen LogP contribution in [0, 0.1) is 10.1 Å². The van der Waals surface area contributed by atoms with Gasteiger partial charge in [-0.25, -0.2) is 0 Å². The minimum atomic E-state index is -0.409. The molecule has 9 heteroatoms. The highest BCUT2D eigenvalue weighted by Crippen LogP contribution is 2.48. The summed E-state index contributed by atoms with van der Waals surface area (Å²) in [6.07, 6.45) is 5.71. The van der Waals surface area contributed by atoms with E-state index in [2.05, 4.69) is 17.0 Å². The number of esters is 1. The number of hydrogen-bond acceptors (Lipinski definition) is 8. The Morgan fingerprint density at radius 2 is 1.71 bits per heavy atom. The number of ether oxygens (including phenoxy) is 4. The summed E-state index contributed by atoms with van der Waals surface area (Å²) >= 11 is 0. The molecule has 3 aromatic carbocycles. The van der Waals surface area contributed by atoms with Gasteiger partial charge in [-0.15, -0.1) is 0 Å². The van der Waals surface area contributed by atoms with Crippen LogP contribution in [0.4, 0.5) is 5.69 Å². The van der Waals surface area contributed by atoms with E-state index in [4.69, 9.17) is 18.9 Å². The molecular formula is C33H36N2O7. The molecule has 0 unspecified atom stereocenters. The number of benzene rings is 3. The predicted octanol–water partition coefficient (Wildman–Crippen LogP) is 6.41. The molecule has 0 amide bonds. The third-order valence-corrected chi connectivity index (χ3v) is 8.80. The highest BCUT2D eigenvalue weighted by molar-refractivity contribution is 5.78. The number of non-ortho nitro benzene ring substituents is 1. The van der Waals surface area contributed by atoms with Crippen molar-refractivity contribution in [3.05, 3.63) is 81.4 Å². The Morgan fingerprint density at radius 1 is 0.929 bits per heavy atom. The Labute approximate surface area is 245 Å². The molecule has 0 radical (unpaired) electrons. The van der Waals surface area contributed by atoms with Gasteiger partial charge in [0.15, 0.2) is 11.5 Å². The fourth-order valence-electron chi connectivity index (χ4n) is 6.71. The van der Waals surface area contributed by atoms with Gasteiger partial charge in [0.05, 0.1) is 19.1 Å². The van der Waals surface area contributed by atoms with Crippen molar-refractivity contribution >= 4 is 11.7 Å². The second-order valence-corrected chi connectivity index (χ2v) is 11.3. The van der Waals surface area contributed by atoms with E-state index in [1.807, 2.05) is 18.2 Å². The van der Waals surface area contributed by atoms with E-state index < -0.39 is 4.92 Å². The molecule has 220 valence electrons. The maximum absolute atomic E-state index is 12.9. The third kappa shape index (κ3) is 5.66. The number of carbonyl (C=O) groups is 1. The Hall–Kier alpha value is -4.11. The molecule has 0 spiro atoms. The molecule has 6 rings (SSSR count). The van der Waals surface area contributed by atoms with E-state index in [0.29, 0.717) is 42.6 Å². The zero-order valence-electron chi connectivity index (χ0n) is 24.0. The van der Waals surface area contributed by atoms with Gasteiger partial charge < -0.3 is 18.9 Å². The number of fused-ring (bicyclic) bond motifs is 9. The van der Waals surface area contributed by atoms with Crippen molar-refractivity contribution in [2.24, 2.45) is 0 Å². The zero-order chi connectivity index (χ0) is 29.2. The van der Waals surface area contributed by atoms with Crippen molar-refractivity contribution in [3.63, 3.8) is 0 Å². The molecule has 3 atom stereocenters. The second-order valence-electron chi connectivity index (χ2n) is 11.3. The molecule has 42 heavy (non-hydrogen) atoms. The van der Waals surface area contributed by atoms with Crippen molar-refractivity contribution in [2.45, 2.75) is 69.7 Å². The third-order valence-electron chi connectivity index (χ3n) is 8.80. The summed E-state index contributed by atoms with van der Waals surface area (Å²) < 4.78 is 24.0. The summed E-state index contributed by atoms with van der Waals surface area (Å²) in [7, 11) is 3.28. The van der Waals surface area contributed by atoms with Crippen LogP contribution in [0.3, 0.4) is 0 Å². The Bertz CT molecular complexity index is 1470. The molecule has 0 aromatic heterocycles. The van der Waals surface area contributed by atoms with Gasteiger partial charge in [0.1, 0.15) is 18.5 Å². The molecule has 0 saturated carbocycles. The van der Waals surface area contributed by atoms with Gasteiger partial charge in [-0.2, -0.15) is 0 Å². The van der Waals surface area contributed by atoms with E-state index >= 15 is 0 Å². The molecular weight excluding hydrogens is 536 g/mol. The average molecular weight is 573 g/mol. The Morgan fingerprint density at radius 3 is 2.48 bits per heavy atom. The average Bonchev–Trinajstić information content (AvgIpc) is 3.01. The van der Waals surface area contributed by atoms with Crippen LogP contribution in [0.2, 0.25) is 0 Å². The summed E-state index contributed by atoms with van der Waals surface area (Å²) in [6.45, 7) is 1.24. The molecule has 9 nitrogen and oxygen atoms in total. The minimum absolute atomic E-state index is 0.0299. The SMILES string of the molecule is COc1cc2c(cc1OC)[C@@H]1C[C@H](C[C@@H]3CCCCN31)OC(=O)CCc1ccc(OCc3ccc([N+](=O)[O-])cc3)c-2c1. The van der Waals surface area contributed by atoms with Crippen LogP contribution in [-0.2, 0) is 22.6 Å². The summed E-state index contributed by atoms with van der Waals surface area (Å²) in [5.74, 6) is 1.81. The van der Waals surface area contributed by atoms with Gasteiger partial charge in [0.2, 0.25) is 0 Å². The summed E-state index contributed by atoms with van der Waals surface area (Å²) in [4.78, 5) is 26.2. The fourth-order valence-corrected chi connectivity index (χ4v) is 6.71. The first-order valence-corrected chi connectivity index (χ1v) is 14.6. The lowest BCUT2D eigenvalue weighted by atomic mass is 9.81. The number of aryl methyl sites for hydroxylation is 1. The van der Waals surface area contributed by atoms with Crippen molar-refractivity contribution in [3.8, 4) is 28.4 Å². The highest BCUT2D eigenvalue weighted by Gasteiger charge is 2.40. The van der Waals surface area contributed by atoms with E-state index in [1.54, 1.807) is 26.4 Å². The van der Waals surface area contributed by atoms with Gasteiger partial charge in [0.25, 0.3) is 5.69 Å². The first-order valence-electron chi connectivity index (χ1n) is 14.6. The first kappa shape index (κ1) is 28.0. The summed E-state index contributed by atoms with van der Waals surface area (Å²) in [5, 5.41) is 11.1. The van der Waals surface area contributed by atoms with Crippen LogP contribution in [-0.4, -0.2) is 48.7 Å². The van der Waals surface area contributed by atoms with Gasteiger partial charge in [-0.1, -0.05) is 12.5 Å². The van der Waals surface area contributed by atoms with Gasteiger partial charge in [0, 0.05) is 49.0 Å². The van der Waals surface area contributed by atoms with E-state index in [1.165, 1.54) is 18.6 Å². The molecule has 0 N–H and O–H groups in total. The quantitative estimate of drug-likeness (QED) is 0.190. The summed E-state index contributed by atoms with van der Waals surface area (Å²) in [6, 6.07) is 16.9. The van der Waals surface area contributed by atoms with Crippen molar-refractivity contribution in [1.82, 2.24) is 4.90 Å². The maximum atomic E-state index is 12.9. The van der Waals surface area contributed by atoms with Gasteiger partial charge in [-0.05, 0) is 84.5 Å². The van der Waals surface area contributed by atoms with Crippen LogP contribution in [0.15, 0.2) is 54.6 Å². The highest BCUT2D eigenvalue weighted by atomic mass is 16.6. The number of rotatable bonds is 6. The van der Waals surface area contributed by atoms with E-state index in [9.17, 15) is 14.9 Å². The molecule has 3 aliphatic rings. The molecule has 3 aliphatic heterocycles. The molecule has 3 heterocycles. The fraction of sp³-hybridized carbons (Fsp3) is 0.424. The lowest BCUT2D eigenvalue weighted by molar-refractivity contribution is -0.384. The van der Waals surface area contributed by atoms with Gasteiger partial charge in [-0.3, -0.25) is 19.8 Å². The zero-order valence-corrected chi connectivity index (χ0v) is 24.0. The van der Waals surface area contributed by atoms with Crippen LogP contribution in [0.5, 0.6) is 17.2 Å². The van der Waals surface area contributed by atoms with Crippen molar-refractivity contribution in [2.75, 3.05) is 20.8 Å². The number of methoxy groups -OCH3 is 2. The van der Waals surface area contributed by atoms with Crippen LogP contribution in [0.25, 0.3) is 11.1 Å². The van der Waals surface area contributed by atoms with Gasteiger partial charge >= 0.3 is 5.97 Å². The number of piperidine rings is 2.